The predicted molar refractivity (Wildman–Crippen MR) is 108 cm³/mol. The molecule has 1 aromatic rings. The molecule has 1 aromatic carbocycles. The summed E-state index contributed by atoms with van der Waals surface area (Å²) in [5.74, 6) is -1.68. The van der Waals surface area contributed by atoms with Crippen LogP contribution in [0.2, 0.25) is 0 Å². The van der Waals surface area contributed by atoms with Crippen molar-refractivity contribution in [2.45, 2.75) is 45.2 Å². The van der Waals surface area contributed by atoms with Gasteiger partial charge < -0.3 is 27.4 Å². The Morgan fingerprint density at radius 1 is 1.07 bits per heavy atom. The minimum atomic E-state index is -0.873. The molecule has 10 heteroatoms. The molecule has 0 heterocycles. The van der Waals surface area contributed by atoms with Gasteiger partial charge in [-0.1, -0.05) is 12.1 Å². The lowest BCUT2D eigenvalue weighted by atomic mass is 10.0. The van der Waals surface area contributed by atoms with Gasteiger partial charge in [-0.15, -0.1) is 0 Å². The molecule has 0 unspecified atom stereocenters. The third-order valence-corrected chi connectivity index (χ3v) is 3.98. The molecule has 1 rings (SSSR count). The maximum absolute atomic E-state index is 13.1. The maximum Gasteiger partial charge on any atom is 0.243 e. The van der Waals surface area contributed by atoms with E-state index in [1.165, 1.54) is 19.1 Å². The highest BCUT2D eigenvalue weighted by atomic mass is 19.1. The van der Waals surface area contributed by atoms with Crippen molar-refractivity contribution in [3.63, 3.8) is 0 Å². The predicted octanol–water partition coefficient (Wildman–Crippen LogP) is -0.453. The molecule has 0 saturated carbocycles. The molecule has 0 saturated heterocycles. The monoisotopic (exact) mass is 408 g/mol. The molecule has 0 aliphatic heterocycles. The van der Waals surface area contributed by atoms with Crippen LogP contribution in [0.25, 0.3) is 0 Å². The fraction of sp³-hybridized carbons (Fsp3) is 0.474. The van der Waals surface area contributed by atoms with Crippen LogP contribution in [-0.4, -0.2) is 48.9 Å². The number of hydrogen-bond acceptors (Lipinski definition) is 4. The van der Waals surface area contributed by atoms with E-state index in [1.54, 1.807) is 19.1 Å². The van der Waals surface area contributed by atoms with Crippen molar-refractivity contribution in [2.75, 3.05) is 13.1 Å². The van der Waals surface area contributed by atoms with Gasteiger partial charge in [-0.05, 0) is 37.5 Å². The average molecular weight is 408 g/mol. The van der Waals surface area contributed by atoms with Gasteiger partial charge in [0.05, 0.1) is 0 Å². The standard InChI is InChI=1S/C19H29FN6O3/c1-3-23-17(28)16(11-13-6-8-14(20)9-7-13)26-18(29)15(25-12(2)27)5-4-10-24-19(21)22/h6-9,15-16H,3-5,10-11H2,1-2H3,(H,23,28)(H,25,27)(H,26,29)(H4,21,22,24)/t15-,16-/m0/s1. The minimum Gasteiger partial charge on any atom is -0.370 e. The third-order valence-electron chi connectivity index (χ3n) is 3.98. The Bertz CT molecular complexity index is 719. The van der Waals surface area contributed by atoms with Crippen molar-refractivity contribution in [2.24, 2.45) is 16.5 Å². The van der Waals surface area contributed by atoms with E-state index in [9.17, 15) is 18.8 Å². The van der Waals surface area contributed by atoms with Crippen LogP contribution >= 0.6 is 0 Å². The van der Waals surface area contributed by atoms with Gasteiger partial charge in [0.25, 0.3) is 0 Å². The first kappa shape index (κ1) is 23.9. The first-order valence-corrected chi connectivity index (χ1v) is 9.38. The number of rotatable bonds is 11. The fourth-order valence-electron chi connectivity index (χ4n) is 2.65. The van der Waals surface area contributed by atoms with E-state index < -0.39 is 18.0 Å². The van der Waals surface area contributed by atoms with Crippen molar-refractivity contribution >= 4 is 23.7 Å². The molecule has 0 radical (unpaired) electrons. The lowest BCUT2D eigenvalue weighted by Gasteiger charge is -2.23. The van der Waals surface area contributed by atoms with Gasteiger partial charge in [0.1, 0.15) is 17.9 Å². The van der Waals surface area contributed by atoms with Gasteiger partial charge >= 0.3 is 0 Å². The Morgan fingerprint density at radius 3 is 2.28 bits per heavy atom. The Balaban J connectivity index is 2.85. The largest absolute Gasteiger partial charge is 0.370 e. The Hall–Kier alpha value is -3.17. The molecular weight excluding hydrogens is 379 g/mol. The first-order valence-electron chi connectivity index (χ1n) is 9.38. The molecule has 0 aliphatic rings. The summed E-state index contributed by atoms with van der Waals surface area (Å²) in [5.41, 5.74) is 11.2. The number of nitrogens with two attached hydrogens (primary N) is 2. The number of guanidine groups is 1. The Kier molecular flexibility index (Phi) is 10.1. The number of carbonyl (C=O) groups is 3. The maximum atomic E-state index is 13.1. The number of carbonyl (C=O) groups excluding carboxylic acids is 3. The number of benzene rings is 1. The van der Waals surface area contributed by atoms with Gasteiger partial charge in [0, 0.05) is 26.4 Å². The number of nitrogens with one attached hydrogen (secondary N) is 3. The van der Waals surface area contributed by atoms with Crippen molar-refractivity contribution in [3.05, 3.63) is 35.6 Å². The summed E-state index contributed by atoms with van der Waals surface area (Å²) in [6.07, 6.45) is 0.930. The van der Waals surface area contributed by atoms with Gasteiger partial charge in [-0.3, -0.25) is 19.4 Å². The van der Waals surface area contributed by atoms with Gasteiger partial charge in [0.15, 0.2) is 5.96 Å². The zero-order valence-electron chi connectivity index (χ0n) is 16.7. The minimum absolute atomic E-state index is 0.0545. The topological polar surface area (TPSA) is 152 Å². The molecule has 7 N–H and O–H groups in total. The van der Waals surface area contributed by atoms with E-state index in [0.29, 0.717) is 31.5 Å². The van der Waals surface area contributed by atoms with Crippen molar-refractivity contribution in [3.8, 4) is 0 Å². The second-order valence-corrected chi connectivity index (χ2v) is 6.49. The number of hydrogen-bond donors (Lipinski definition) is 5. The highest BCUT2D eigenvalue weighted by Crippen LogP contribution is 2.07. The summed E-state index contributed by atoms with van der Waals surface area (Å²) in [6, 6.07) is 3.96. The molecule has 3 amide bonds. The highest BCUT2D eigenvalue weighted by molar-refractivity contribution is 5.91. The quantitative estimate of drug-likeness (QED) is 0.191. The molecule has 0 bridgehead atoms. The van der Waals surface area contributed by atoms with Crippen LogP contribution in [0, 0.1) is 5.82 Å². The molecule has 9 nitrogen and oxygen atoms in total. The number of aliphatic imine (C=N–C) groups is 1. The zero-order valence-corrected chi connectivity index (χ0v) is 16.7. The van der Waals surface area contributed by atoms with E-state index >= 15 is 0 Å². The summed E-state index contributed by atoms with van der Waals surface area (Å²) in [5, 5.41) is 7.91. The van der Waals surface area contributed by atoms with Gasteiger partial charge in [-0.25, -0.2) is 4.39 Å². The van der Waals surface area contributed by atoms with E-state index in [4.69, 9.17) is 11.5 Å². The second kappa shape index (κ2) is 12.3. The third kappa shape index (κ3) is 9.54. The number of nitrogens with zero attached hydrogens (tertiary/aromatic N) is 1. The molecule has 0 spiro atoms. The van der Waals surface area contributed by atoms with E-state index in [1.807, 2.05) is 0 Å². The van der Waals surface area contributed by atoms with Crippen LogP contribution in [0.15, 0.2) is 29.3 Å². The van der Waals surface area contributed by atoms with Crippen LogP contribution < -0.4 is 27.4 Å². The van der Waals surface area contributed by atoms with E-state index in [2.05, 4.69) is 20.9 Å². The van der Waals surface area contributed by atoms with Crippen LogP contribution in [0.1, 0.15) is 32.3 Å². The lowest BCUT2D eigenvalue weighted by Crippen LogP contribution is -2.54. The molecule has 0 fully saturated rings. The zero-order chi connectivity index (χ0) is 21.8. The van der Waals surface area contributed by atoms with Gasteiger partial charge in [0.2, 0.25) is 17.7 Å². The average Bonchev–Trinajstić information content (AvgIpc) is 2.65. The Morgan fingerprint density at radius 2 is 1.72 bits per heavy atom. The lowest BCUT2D eigenvalue weighted by molar-refractivity contribution is -0.131. The molecule has 29 heavy (non-hydrogen) atoms. The summed E-state index contributed by atoms with van der Waals surface area (Å²) in [4.78, 5) is 40.4. The summed E-state index contributed by atoms with van der Waals surface area (Å²) in [6.45, 7) is 3.76. The molecule has 2 atom stereocenters. The van der Waals surface area contributed by atoms with Crippen molar-refractivity contribution in [1.82, 2.24) is 16.0 Å². The van der Waals surface area contributed by atoms with E-state index in [-0.39, 0.29) is 30.0 Å². The highest BCUT2D eigenvalue weighted by Gasteiger charge is 2.26. The van der Waals surface area contributed by atoms with Gasteiger partial charge in [-0.2, -0.15) is 0 Å². The summed E-state index contributed by atoms with van der Waals surface area (Å²) >= 11 is 0. The van der Waals surface area contributed by atoms with Crippen LogP contribution in [0.5, 0.6) is 0 Å². The molecular formula is C19H29FN6O3. The molecule has 160 valence electrons. The van der Waals surface area contributed by atoms with E-state index in [0.717, 1.165) is 0 Å². The molecule has 0 aromatic heterocycles. The second-order valence-electron chi connectivity index (χ2n) is 6.49. The van der Waals surface area contributed by atoms with Crippen LogP contribution in [0.4, 0.5) is 4.39 Å². The van der Waals surface area contributed by atoms with Crippen molar-refractivity contribution in [1.29, 1.82) is 0 Å². The van der Waals surface area contributed by atoms with Crippen LogP contribution in [-0.2, 0) is 20.8 Å². The van der Waals surface area contributed by atoms with Crippen molar-refractivity contribution < 1.29 is 18.8 Å². The first-order chi connectivity index (χ1) is 13.7. The normalized spacial score (nSPS) is 12.4. The fourth-order valence-corrected chi connectivity index (χ4v) is 2.65. The number of halogens is 1. The summed E-state index contributed by atoms with van der Waals surface area (Å²) in [7, 11) is 0. The smallest absolute Gasteiger partial charge is 0.243 e. The Labute approximate surface area is 169 Å². The number of likely N-dealkylation sites (N-methyl/N-ethyl adjacent to an activating group) is 1. The SMILES string of the molecule is CCNC(=O)[C@H](Cc1ccc(F)cc1)NC(=O)[C@H](CCCN=C(N)N)NC(C)=O. The molecule has 0 aliphatic carbocycles. The van der Waals surface area contributed by atoms with Crippen LogP contribution in [0.3, 0.4) is 0 Å². The summed E-state index contributed by atoms with van der Waals surface area (Å²) < 4.78 is 13.1. The number of amides is 3.